The molecule has 0 heterocycles. The Bertz CT molecular complexity index is 744. The second-order valence-electron chi connectivity index (χ2n) is 5.59. The number of hydrogen-bond donors (Lipinski definition) is 1. The number of ether oxygens (including phenoxy) is 2. The summed E-state index contributed by atoms with van der Waals surface area (Å²) >= 11 is 3.46. The largest absolute Gasteiger partial charge is 0.493 e. The first kappa shape index (κ1) is 18.3. The highest BCUT2D eigenvalue weighted by Gasteiger charge is 2.16. The lowest BCUT2D eigenvalue weighted by molar-refractivity contribution is 0.102. The fraction of sp³-hybridized carbons (Fsp3) is 0.316. The summed E-state index contributed by atoms with van der Waals surface area (Å²) in [5, 5.41) is 2.91. The number of halogens is 1. The van der Waals surface area contributed by atoms with Gasteiger partial charge in [-0.25, -0.2) is 0 Å². The van der Waals surface area contributed by atoms with Crippen molar-refractivity contribution in [1.29, 1.82) is 0 Å². The van der Waals surface area contributed by atoms with Gasteiger partial charge in [-0.2, -0.15) is 0 Å². The number of methoxy groups -OCH3 is 1. The number of amides is 1. The van der Waals surface area contributed by atoms with Gasteiger partial charge in [0.05, 0.1) is 18.2 Å². The number of aryl methyl sites for hydroxylation is 2. The molecule has 0 saturated heterocycles. The molecule has 128 valence electrons. The van der Waals surface area contributed by atoms with Crippen molar-refractivity contribution in [2.75, 3.05) is 19.0 Å². The zero-order chi connectivity index (χ0) is 17.7. The minimum atomic E-state index is -0.195. The summed E-state index contributed by atoms with van der Waals surface area (Å²) in [7, 11) is 1.56. The van der Waals surface area contributed by atoms with Crippen molar-refractivity contribution in [2.24, 2.45) is 0 Å². The second kappa shape index (κ2) is 8.20. The number of benzene rings is 2. The number of hydrogen-bond acceptors (Lipinski definition) is 3. The third-order valence-corrected chi connectivity index (χ3v) is 4.30. The summed E-state index contributed by atoms with van der Waals surface area (Å²) in [6.45, 7) is 6.68. The molecule has 0 saturated carbocycles. The molecule has 24 heavy (non-hydrogen) atoms. The van der Waals surface area contributed by atoms with E-state index in [0.29, 0.717) is 28.1 Å². The van der Waals surface area contributed by atoms with Crippen molar-refractivity contribution in [3.05, 3.63) is 51.5 Å². The Hall–Kier alpha value is -2.01. The highest BCUT2D eigenvalue weighted by atomic mass is 79.9. The van der Waals surface area contributed by atoms with E-state index in [2.05, 4.69) is 21.2 Å². The van der Waals surface area contributed by atoms with Crippen LogP contribution in [0.3, 0.4) is 0 Å². The molecule has 2 rings (SSSR count). The maximum absolute atomic E-state index is 12.5. The molecular formula is C19H22BrNO3. The topological polar surface area (TPSA) is 47.6 Å². The molecule has 0 aliphatic heterocycles. The first-order chi connectivity index (χ1) is 11.5. The summed E-state index contributed by atoms with van der Waals surface area (Å²) in [6, 6.07) is 9.27. The van der Waals surface area contributed by atoms with Crippen LogP contribution in [-0.4, -0.2) is 19.6 Å². The Morgan fingerprint density at radius 3 is 2.54 bits per heavy atom. The Morgan fingerprint density at radius 1 is 1.17 bits per heavy atom. The summed E-state index contributed by atoms with van der Waals surface area (Å²) < 4.78 is 11.7. The van der Waals surface area contributed by atoms with Crippen LogP contribution in [0, 0.1) is 13.8 Å². The van der Waals surface area contributed by atoms with Gasteiger partial charge in [0.2, 0.25) is 0 Å². The molecule has 4 nitrogen and oxygen atoms in total. The van der Waals surface area contributed by atoms with Gasteiger partial charge in [-0.3, -0.25) is 4.79 Å². The Morgan fingerprint density at radius 2 is 1.92 bits per heavy atom. The molecule has 0 aromatic heterocycles. The van der Waals surface area contributed by atoms with Crippen LogP contribution in [0.5, 0.6) is 11.5 Å². The van der Waals surface area contributed by atoms with E-state index in [-0.39, 0.29) is 5.91 Å². The van der Waals surface area contributed by atoms with E-state index >= 15 is 0 Å². The van der Waals surface area contributed by atoms with Gasteiger partial charge in [-0.05, 0) is 71.6 Å². The van der Waals surface area contributed by atoms with Crippen molar-refractivity contribution in [1.82, 2.24) is 0 Å². The highest BCUT2D eigenvalue weighted by Crippen LogP contribution is 2.37. The maximum atomic E-state index is 12.5. The van der Waals surface area contributed by atoms with Crippen LogP contribution >= 0.6 is 15.9 Å². The van der Waals surface area contributed by atoms with Crippen LogP contribution < -0.4 is 14.8 Å². The lowest BCUT2D eigenvalue weighted by Gasteiger charge is -2.14. The Balaban J connectivity index is 2.25. The van der Waals surface area contributed by atoms with Crippen LogP contribution in [0.1, 0.15) is 34.8 Å². The fourth-order valence-corrected chi connectivity index (χ4v) is 2.77. The van der Waals surface area contributed by atoms with Crippen LogP contribution in [0.2, 0.25) is 0 Å². The van der Waals surface area contributed by atoms with Gasteiger partial charge in [-0.1, -0.05) is 13.0 Å². The maximum Gasteiger partial charge on any atom is 0.255 e. The van der Waals surface area contributed by atoms with Crippen molar-refractivity contribution in [2.45, 2.75) is 27.2 Å². The van der Waals surface area contributed by atoms with Crippen molar-refractivity contribution < 1.29 is 14.3 Å². The van der Waals surface area contributed by atoms with Crippen LogP contribution in [0.4, 0.5) is 5.69 Å². The third-order valence-electron chi connectivity index (χ3n) is 3.71. The average molecular weight is 392 g/mol. The summed E-state index contributed by atoms with van der Waals surface area (Å²) in [5.41, 5.74) is 3.59. The predicted octanol–water partition coefficient (Wildman–Crippen LogP) is 5.12. The molecule has 0 aliphatic rings. The van der Waals surface area contributed by atoms with E-state index < -0.39 is 0 Å². The predicted molar refractivity (Wildman–Crippen MR) is 100 cm³/mol. The van der Waals surface area contributed by atoms with Gasteiger partial charge < -0.3 is 14.8 Å². The molecule has 0 bridgehead atoms. The lowest BCUT2D eigenvalue weighted by atomic mass is 10.1. The molecule has 2 aromatic rings. The van der Waals surface area contributed by atoms with E-state index in [1.165, 1.54) is 5.56 Å². The minimum Gasteiger partial charge on any atom is -0.493 e. The number of rotatable bonds is 6. The van der Waals surface area contributed by atoms with Crippen molar-refractivity contribution in [3.63, 3.8) is 0 Å². The first-order valence-corrected chi connectivity index (χ1v) is 8.64. The first-order valence-electron chi connectivity index (χ1n) is 7.85. The van der Waals surface area contributed by atoms with Gasteiger partial charge in [0, 0.05) is 11.3 Å². The van der Waals surface area contributed by atoms with E-state index in [0.717, 1.165) is 17.7 Å². The summed E-state index contributed by atoms with van der Waals surface area (Å²) in [5.74, 6) is 0.949. The normalized spacial score (nSPS) is 10.4. The Labute approximate surface area is 151 Å². The highest BCUT2D eigenvalue weighted by molar-refractivity contribution is 9.10. The molecular weight excluding hydrogens is 370 g/mol. The zero-order valence-corrected chi connectivity index (χ0v) is 16.0. The second-order valence-corrected chi connectivity index (χ2v) is 6.45. The number of nitrogens with one attached hydrogen (secondary N) is 1. The molecule has 0 fully saturated rings. The van der Waals surface area contributed by atoms with Crippen LogP contribution in [0.25, 0.3) is 0 Å². The van der Waals surface area contributed by atoms with Gasteiger partial charge in [0.15, 0.2) is 11.5 Å². The number of carbonyl (C=O) groups excluding carboxylic acids is 1. The molecule has 5 heteroatoms. The monoisotopic (exact) mass is 391 g/mol. The third kappa shape index (κ3) is 4.29. The summed E-state index contributed by atoms with van der Waals surface area (Å²) in [4.78, 5) is 12.5. The minimum absolute atomic E-state index is 0.195. The van der Waals surface area contributed by atoms with Gasteiger partial charge in [0.25, 0.3) is 5.91 Å². The lowest BCUT2D eigenvalue weighted by Crippen LogP contribution is -2.12. The Kier molecular flexibility index (Phi) is 6.26. The molecule has 0 aliphatic carbocycles. The SMILES string of the molecule is CCCOc1c(Br)cc(C(=O)Nc2ccc(C)c(C)c2)cc1OC. The van der Waals surface area contributed by atoms with Gasteiger partial charge in [0.1, 0.15) is 0 Å². The molecule has 0 radical (unpaired) electrons. The van der Waals surface area contributed by atoms with Gasteiger partial charge >= 0.3 is 0 Å². The average Bonchev–Trinajstić information content (AvgIpc) is 2.56. The smallest absolute Gasteiger partial charge is 0.255 e. The van der Waals surface area contributed by atoms with E-state index in [1.54, 1.807) is 19.2 Å². The van der Waals surface area contributed by atoms with Crippen molar-refractivity contribution >= 4 is 27.5 Å². The van der Waals surface area contributed by atoms with Crippen molar-refractivity contribution in [3.8, 4) is 11.5 Å². The number of anilines is 1. The zero-order valence-electron chi connectivity index (χ0n) is 14.4. The molecule has 1 amide bonds. The molecule has 1 N–H and O–H groups in total. The van der Waals surface area contributed by atoms with Gasteiger partial charge in [-0.15, -0.1) is 0 Å². The fourth-order valence-electron chi connectivity index (χ4n) is 2.22. The van der Waals surface area contributed by atoms with E-state index in [9.17, 15) is 4.79 Å². The molecule has 0 unspecified atom stereocenters. The van der Waals surface area contributed by atoms with E-state index in [4.69, 9.17) is 9.47 Å². The quantitative estimate of drug-likeness (QED) is 0.743. The van der Waals surface area contributed by atoms with E-state index in [1.807, 2.05) is 39.0 Å². The van der Waals surface area contributed by atoms with Crippen LogP contribution in [-0.2, 0) is 0 Å². The molecule has 0 spiro atoms. The number of carbonyl (C=O) groups is 1. The molecule has 0 atom stereocenters. The van der Waals surface area contributed by atoms with Crippen LogP contribution in [0.15, 0.2) is 34.8 Å². The molecule has 2 aromatic carbocycles. The standard InChI is InChI=1S/C19H22BrNO3/c1-5-8-24-18-16(20)10-14(11-17(18)23-4)19(22)21-15-7-6-12(2)13(3)9-15/h6-7,9-11H,5,8H2,1-4H3,(H,21,22). The summed E-state index contributed by atoms with van der Waals surface area (Å²) in [6.07, 6.45) is 0.893.